The monoisotopic (exact) mass is 349 g/mol. The maximum atomic E-state index is 12.8. The summed E-state index contributed by atoms with van der Waals surface area (Å²) < 4.78 is 1.42. The van der Waals surface area contributed by atoms with E-state index in [0.29, 0.717) is 17.9 Å². The summed E-state index contributed by atoms with van der Waals surface area (Å²) >= 11 is 1.34. The Bertz CT molecular complexity index is 885. The van der Waals surface area contributed by atoms with E-state index in [2.05, 4.69) is 4.98 Å². The van der Waals surface area contributed by atoms with E-state index in [4.69, 9.17) is 0 Å². The maximum Gasteiger partial charge on any atom is 0.311 e. The first-order chi connectivity index (χ1) is 11.3. The number of carbonyl (C=O) groups excluding carboxylic acids is 1. The van der Waals surface area contributed by atoms with Crippen LogP contribution in [0.2, 0.25) is 0 Å². The SMILES string of the molecule is Cc1csc2ncc(C(=O)N3CCC(C(=O)O)(C(C)C)C3)c(=O)n12. The molecule has 0 saturated carbocycles. The first-order valence-corrected chi connectivity index (χ1v) is 8.64. The Morgan fingerprint density at radius 3 is 2.71 bits per heavy atom. The normalized spacial score (nSPS) is 20.9. The van der Waals surface area contributed by atoms with Gasteiger partial charge in [-0.2, -0.15) is 0 Å². The molecular weight excluding hydrogens is 330 g/mol. The lowest BCUT2D eigenvalue weighted by Gasteiger charge is -2.28. The number of rotatable bonds is 3. The van der Waals surface area contributed by atoms with Crippen LogP contribution in [0.5, 0.6) is 0 Å². The first kappa shape index (κ1) is 16.6. The summed E-state index contributed by atoms with van der Waals surface area (Å²) in [6, 6.07) is 0. The number of carbonyl (C=O) groups is 2. The second-order valence-corrected chi connectivity index (χ2v) is 7.40. The van der Waals surface area contributed by atoms with Crippen molar-refractivity contribution in [2.24, 2.45) is 11.3 Å². The van der Waals surface area contributed by atoms with Gasteiger partial charge in [-0.05, 0) is 19.3 Å². The van der Waals surface area contributed by atoms with E-state index in [1.807, 2.05) is 19.2 Å². The summed E-state index contributed by atoms with van der Waals surface area (Å²) in [6.07, 6.45) is 1.69. The van der Waals surface area contributed by atoms with E-state index < -0.39 is 22.9 Å². The van der Waals surface area contributed by atoms with E-state index in [0.717, 1.165) is 5.69 Å². The molecule has 3 heterocycles. The molecular formula is C16H19N3O4S. The van der Waals surface area contributed by atoms with Gasteiger partial charge in [0.15, 0.2) is 4.96 Å². The van der Waals surface area contributed by atoms with Gasteiger partial charge in [-0.3, -0.25) is 18.8 Å². The van der Waals surface area contributed by atoms with E-state index >= 15 is 0 Å². The summed E-state index contributed by atoms with van der Waals surface area (Å²) in [6.45, 7) is 5.92. The third-order valence-corrected chi connectivity index (χ3v) is 5.92. The van der Waals surface area contributed by atoms with Crippen molar-refractivity contribution >= 4 is 28.2 Å². The number of aryl methyl sites for hydroxylation is 1. The molecule has 1 fully saturated rings. The summed E-state index contributed by atoms with van der Waals surface area (Å²) in [7, 11) is 0. The number of hydrogen-bond acceptors (Lipinski definition) is 5. The number of aliphatic carboxylic acids is 1. The average Bonchev–Trinajstić information content (AvgIpc) is 3.13. The predicted octanol–water partition coefficient (Wildman–Crippen LogP) is 1.64. The Balaban J connectivity index is 1.96. The minimum Gasteiger partial charge on any atom is -0.481 e. The van der Waals surface area contributed by atoms with Crippen LogP contribution in [0.4, 0.5) is 0 Å². The van der Waals surface area contributed by atoms with Crippen LogP contribution >= 0.6 is 11.3 Å². The van der Waals surface area contributed by atoms with Crippen LogP contribution in [0.25, 0.3) is 4.96 Å². The summed E-state index contributed by atoms with van der Waals surface area (Å²) in [5.41, 5.74) is -0.646. The summed E-state index contributed by atoms with van der Waals surface area (Å²) in [5.74, 6) is -1.45. The van der Waals surface area contributed by atoms with Crippen LogP contribution in [0.3, 0.4) is 0 Å². The van der Waals surface area contributed by atoms with Gasteiger partial charge < -0.3 is 10.0 Å². The third kappa shape index (κ3) is 2.32. The molecule has 0 aromatic carbocycles. The van der Waals surface area contributed by atoms with E-state index in [9.17, 15) is 19.5 Å². The van der Waals surface area contributed by atoms with Crippen molar-refractivity contribution < 1.29 is 14.7 Å². The number of hydrogen-bond donors (Lipinski definition) is 1. The van der Waals surface area contributed by atoms with E-state index in [-0.39, 0.29) is 18.0 Å². The van der Waals surface area contributed by atoms with Crippen molar-refractivity contribution in [3.05, 3.63) is 33.2 Å². The first-order valence-electron chi connectivity index (χ1n) is 7.76. The number of thiazole rings is 1. The molecule has 1 amide bonds. The van der Waals surface area contributed by atoms with E-state index in [1.54, 1.807) is 6.92 Å². The zero-order valence-electron chi connectivity index (χ0n) is 13.8. The van der Waals surface area contributed by atoms with Crippen LogP contribution in [-0.2, 0) is 4.79 Å². The molecule has 0 spiro atoms. The lowest BCUT2D eigenvalue weighted by Crippen LogP contribution is -2.41. The number of fused-ring (bicyclic) bond motifs is 1. The van der Waals surface area contributed by atoms with Gasteiger partial charge in [0.1, 0.15) is 5.56 Å². The van der Waals surface area contributed by atoms with Crippen LogP contribution in [-0.4, -0.2) is 44.4 Å². The molecule has 0 aliphatic carbocycles. The smallest absolute Gasteiger partial charge is 0.311 e. The van der Waals surface area contributed by atoms with Crippen LogP contribution < -0.4 is 5.56 Å². The molecule has 7 nitrogen and oxygen atoms in total. The number of amides is 1. The number of nitrogens with zero attached hydrogens (tertiary/aromatic N) is 3. The number of carboxylic acids is 1. The molecule has 0 bridgehead atoms. The number of aromatic nitrogens is 2. The summed E-state index contributed by atoms with van der Waals surface area (Å²) in [4.78, 5) is 43.2. The van der Waals surface area contributed by atoms with Gasteiger partial charge in [0, 0.05) is 30.4 Å². The minimum atomic E-state index is -0.957. The zero-order chi connectivity index (χ0) is 17.6. The second kappa shape index (κ2) is 5.70. The quantitative estimate of drug-likeness (QED) is 0.909. The number of carboxylic acid groups (broad SMARTS) is 1. The van der Waals surface area contributed by atoms with Crippen LogP contribution in [0.15, 0.2) is 16.4 Å². The summed E-state index contributed by atoms with van der Waals surface area (Å²) in [5, 5.41) is 11.4. The highest BCUT2D eigenvalue weighted by Gasteiger charge is 2.48. The van der Waals surface area contributed by atoms with Crippen molar-refractivity contribution in [2.75, 3.05) is 13.1 Å². The van der Waals surface area contributed by atoms with Gasteiger partial charge in [-0.1, -0.05) is 13.8 Å². The molecule has 1 aliphatic rings. The van der Waals surface area contributed by atoms with Gasteiger partial charge in [-0.15, -0.1) is 11.3 Å². The Hall–Kier alpha value is -2.22. The molecule has 2 aromatic rings. The minimum absolute atomic E-state index is 0.0149. The lowest BCUT2D eigenvalue weighted by molar-refractivity contribution is -0.150. The molecule has 128 valence electrons. The Morgan fingerprint density at radius 2 is 2.12 bits per heavy atom. The van der Waals surface area contributed by atoms with Crippen molar-refractivity contribution in [3.8, 4) is 0 Å². The highest BCUT2D eigenvalue weighted by Crippen LogP contribution is 2.38. The van der Waals surface area contributed by atoms with Crippen LogP contribution in [0.1, 0.15) is 36.3 Å². The molecule has 24 heavy (non-hydrogen) atoms. The predicted molar refractivity (Wildman–Crippen MR) is 89.5 cm³/mol. The van der Waals surface area contributed by atoms with Crippen molar-refractivity contribution in [2.45, 2.75) is 27.2 Å². The maximum absolute atomic E-state index is 12.8. The largest absolute Gasteiger partial charge is 0.481 e. The fourth-order valence-electron chi connectivity index (χ4n) is 3.24. The fraction of sp³-hybridized carbons (Fsp3) is 0.500. The van der Waals surface area contributed by atoms with Gasteiger partial charge in [0.25, 0.3) is 11.5 Å². The zero-order valence-corrected chi connectivity index (χ0v) is 14.6. The fourth-order valence-corrected chi connectivity index (χ4v) is 4.07. The Morgan fingerprint density at radius 1 is 1.42 bits per heavy atom. The molecule has 0 radical (unpaired) electrons. The Labute approximate surface area is 142 Å². The molecule has 2 aromatic heterocycles. The molecule has 1 N–H and O–H groups in total. The standard InChI is InChI=1S/C16H19N3O4S/c1-9(2)16(14(22)23)4-5-18(8-16)12(20)11-6-17-15-19(13(11)21)10(3)7-24-15/h6-7,9H,4-5,8H2,1-3H3,(H,22,23). The van der Waals surface area contributed by atoms with Gasteiger partial charge in [0.2, 0.25) is 0 Å². The second-order valence-electron chi connectivity index (χ2n) is 6.56. The topological polar surface area (TPSA) is 92.0 Å². The average molecular weight is 349 g/mol. The third-order valence-electron chi connectivity index (χ3n) is 4.97. The van der Waals surface area contributed by atoms with Crippen molar-refractivity contribution in [1.29, 1.82) is 0 Å². The molecule has 1 atom stereocenters. The molecule has 1 aliphatic heterocycles. The molecule has 1 unspecified atom stereocenters. The van der Waals surface area contributed by atoms with Gasteiger partial charge in [-0.25, -0.2) is 4.98 Å². The lowest BCUT2D eigenvalue weighted by atomic mass is 9.76. The highest BCUT2D eigenvalue weighted by atomic mass is 32.1. The van der Waals surface area contributed by atoms with Crippen molar-refractivity contribution in [3.63, 3.8) is 0 Å². The van der Waals surface area contributed by atoms with E-state index in [1.165, 1.54) is 26.8 Å². The molecule has 3 rings (SSSR count). The Kier molecular flexibility index (Phi) is 3.95. The van der Waals surface area contributed by atoms with Crippen LogP contribution in [0, 0.1) is 18.3 Å². The van der Waals surface area contributed by atoms with Gasteiger partial charge in [0.05, 0.1) is 5.41 Å². The molecule has 1 saturated heterocycles. The highest BCUT2D eigenvalue weighted by molar-refractivity contribution is 7.15. The van der Waals surface area contributed by atoms with Crippen molar-refractivity contribution in [1.82, 2.24) is 14.3 Å². The number of likely N-dealkylation sites (tertiary alicyclic amines) is 1. The van der Waals surface area contributed by atoms with Gasteiger partial charge >= 0.3 is 5.97 Å². The molecule has 8 heteroatoms.